The minimum absolute atomic E-state index is 0.0550. The Bertz CT molecular complexity index is 540. The zero-order valence-corrected chi connectivity index (χ0v) is 9.19. The van der Waals surface area contributed by atoms with Gasteiger partial charge in [0.15, 0.2) is 5.16 Å². The molecular weight excluding hydrogens is 238 g/mol. The molecule has 2 N–H and O–H groups in total. The van der Waals surface area contributed by atoms with Crippen LogP contribution in [0.25, 0.3) is 11.0 Å². The average Bonchev–Trinajstić information content (AvgIpc) is 2.61. The Labute approximate surface area is 93.9 Å². The highest BCUT2D eigenvalue weighted by atomic mass is 35.5. The smallest absolute Gasteiger partial charge is 0.352 e. The van der Waals surface area contributed by atoms with Crippen LogP contribution in [0.15, 0.2) is 11.2 Å². The van der Waals surface area contributed by atoms with Crippen molar-refractivity contribution < 1.29 is 9.90 Å². The summed E-state index contributed by atoms with van der Waals surface area (Å²) in [6.45, 7) is 0. The maximum absolute atomic E-state index is 10.7. The molecule has 0 unspecified atom stereocenters. The van der Waals surface area contributed by atoms with Crippen molar-refractivity contribution in [2.45, 2.75) is 5.16 Å². The zero-order valence-electron chi connectivity index (χ0n) is 7.61. The SMILES string of the molecule is CSc1nc(Cl)c2cc(C(=O)O)[nH]c2n1. The van der Waals surface area contributed by atoms with Crippen LogP contribution in [-0.2, 0) is 0 Å². The fourth-order valence-corrected chi connectivity index (χ4v) is 1.80. The molecule has 0 amide bonds. The number of H-pyrrole nitrogens is 1. The van der Waals surface area contributed by atoms with Crippen LogP contribution in [0.1, 0.15) is 10.5 Å². The highest BCUT2D eigenvalue weighted by molar-refractivity contribution is 7.98. The lowest BCUT2D eigenvalue weighted by atomic mass is 10.4. The molecule has 15 heavy (non-hydrogen) atoms. The van der Waals surface area contributed by atoms with Crippen LogP contribution in [0.3, 0.4) is 0 Å². The molecule has 0 atom stereocenters. The summed E-state index contributed by atoms with van der Waals surface area (Å²) >= 11 is 7.22. The van der Waals surface area contributed by atoms with Gasteiger partial charge in [0.2, 0.25) is 0 Å². The molecule has 0 aliphatic rings. The number of carboxylic acids is 1. The van der Waals surface area contributed by atoms with Gasteiger partial charge in [-0.05, 0) is 12.3 Å². The van der Waals surface area contributed by atoms with Crippen molar-refractivity contribution >= 4 is 40.4 Å². The molecular formula is C8H6ClN3O2S. The first-order valence-electron chi connectivity index (χ1n) is 3.95. The third-order valence-corrected chi connectivity index (χ3v) is 2.67. The molecule has 2 aromatic rings. The average molecular weight is 244 g/mol. The molecule has 7 heteroatoms. The van der Waals surface area contributed by atoms with Crippen molar-refractivity contribution in [2.75, 3.05) is 6.26 Å². The number of fused-ring (bicyclic) bond motifs is 1. The van der Waals surface area contributed by atoms with Gasteiger partial charge in [0, 0.05) is 0 Å². The Hall–Kier alpha value is -1.27. The number of aromatic amines is 1. The summed E-state index contributed by atoms with van der Waals surface area (Å²) < 4.78 is 0. The topological polar surface area (TPSA) is 78.9 Å². The van der Waals surface area contributed by atoms with Gasteiger partial charge < -0.3 is 10.1 Å². The summed E-state index contributed by atoms with van der Waals surface area (Å²) in [6, 6.07) is 1.42. The van der Waals surface area contributed by atoms with Gasteiger partial charge in [-0.15, -0.1) is 0 Å². The number of nitrogens with zero attached hydrogens (tertiary/aromatic N) is 2. The molecule has 5 nitrogen and oxygen atoms in total. The highest BCUT2D eigenvalue weighted by Gasteiger charge is 2.12. The molecule has 0 bridgehead atoms. The normalized spacial score (nSPS) is 10.8. The van der Waals surface area contributed by atoms with Gasteiger partial charge in [-0.2, -0.15) is 0 Å². The van der Waals surface area contributed by atoms with E-state index in [9.17, 15) is 4.79 Å². The second kappa shape index (κ2) is 3.71. The van der Waals surface area contributed by atoms with E-state index in [-0.39, 0.29) is 10.8 Å². The van der Waals surface area contributed by atoms with Crippen LogP contribution in [0.4, 0.5) is 0 Å². The quantitative estimate of drug-likeness (QED) is 0.479. The molecule has 0 aliphatic heterocycles. The van der Waals surface area contributed by atoms with E-state index in [0.29, 0.717) is 16.2 Å². The van der Waals surface area contributed by atoms with Crippen molar-refractivity contribution in [1.82, 2.24) is 15.0 Å². The molecule has 78 valence electrons. The number of nitrogens with one attached hydrogen (secondary N) is 1. The first kappa shape index (κ1) is 10.3. The second-order valence-corrected chi connectivity index (χ2v) is 3.88. The van der Waals surface area contributed by atoms with E-state index in [4.69, 9.17) is 16.7 Å². The number of carbonyl (C=O) groups is 1. The molecule has 0 aliphatic carbocycles. The van der Waals surface area contributed by atoms with Crippen LogP contribution >= 0.6 is 23.4 Å². The number of aromatic carboxylic acids is 1. The number of hydrogen-bond acceptors (Lipinski definition) is 4. The van der Waals surface area contributed by atoms with Gasteiger partial charge in [-0.1, -0.05) is 23.4 Å². The van der Waals surface area contributed by atoms with Crippen LogP contribution in [-0.4, -0.2) is 32.3 Å². The summed E-state index contributed by atoms with van der Waals surface area (Å²) in [5.74, 6) is -1.05. The number of rotatable bonds is 2. The Balaban J connectivity index is 2.69. The van der Waals surface area contributed by atoms with Crippen LogP contribution in [0.2, 0.25) is 5.15 Å². The Morgan fingerprint density at radius 1 is 1.60 bits per heavy atom. The molecule has 0 spiro atoms. The van der Waals surface area contributed by atoms with Crippen molar-refractivity contribution in [3.8, 4) is 0 Å². The minimum Gasteiger partial charge on any atom is -0.477 e. The zero-order chi connectivity index (χ0) is 11.0. The number of thioether (sulfide) groups is 1. The molecule has 2 heterocycles. The van der Waals surface area contributed by atoms with Gasteiger partial charge in [0.25, 0.3) is 0 Å². The van der Waals surface area contributed by atoms with Crippen molar-refractivity contribution in [1.29, 1.82) is 0 Å². The molecule has 0 fully saturated rings. The largest absolute Gasteiger partial charge is 0.477 e. The molecule has 0 aromatic carbocycles. The highest BCUT2D eigenvalue weighted by Crippen LogP contribution is 2.23. The first-order valence-corrected chi connectivity index (χ1v) is 5.55. The van der Waals surface area contributed by atoms with E-state index in [1.165, 1.54) is 17.8 Å². The van der Waals surface area contributed by atoms with Crippen LogP contribution in [0.5, 0.6) is 0 Å². The molecule has 2 aromatic heterocycles. The van der Waals surface area contributed by atoms with E-state index in [0.717, 1.165) is 0 Å². The van der Waals surface area contributed by atoms with E-state index in [1.807, 2.05) is 6.26 Å². The first-order chi connectivity index (χ1) is 7.11. The monoisotopic (exact) mass is 243 g/mol. The fourth-order valence-electron chi connectivity index (χ4n) is 1.16. The van der Waals surface area contributed by atoms with Crippen molar-refractivity contribution in [3.63, 3.8) is 0 Å². The van der Waals surface area contributed by atoms with Gasteiger partial charge in [-0.3, -0.25) is 0 Å². The maximum Gasteiger partial charge on any atom is 0.352 e. The third-order valence-electron chi connectivity index (χ3n) is 1.83. The molecule has 0 radical (unpaired) electrons. The minimum atomic E-state index is -1.05. The predicted octanol–water partition coefficient (Wildman–Crippen LogP) is 2.03. The van der Waals surface area contributed by atoms with Crippen LogP contribution in [0, 0.1) is 0 Å². The standard InChI is InChI=1S/C8H6ClN3O2S/c1-15-8-11-5(9)3-2-4(7(13)14)10-6(3)12-8/h2H,1H3,(H,13,14)(H,10,11,12). The number of aromatic nitrogens is 3. The van der Waals surface area contributed by atoms with E-state index < -0.39 is 5.97 Å². The summed E-state index contributed by atoms with van der Waals surface area (Å²) in [5.41, 5.74) is 0.496. The number of hydrogen-bond donors (Lipinski definition) is 2. The van der Waals surface area contributed by atoms with Gasteiger partial charge in [-0.25, -0.2) is 14.8 Å². The Morgan fingerprint density at radius 3 is 2.93 bits per heavy atom. The lowest BCUT2D eigenvalue weighted by Gasteiger charge is -1.96. The lowest BCUT2D eigenvalue weighted by Crippen LogP contribution is -1.95. The Kier molecular flexibility index (Phi) is 2.54. The van der Waals surface area contributed by atoms with Gasteiger partial charge in [0.1, 0.15) is 16.5 Å². The fraction of sp³-hybridized carbons (Fsp3) is 0.125. The summed E-state index contributed by atoms with van der Waals surface area (Å²) in [7, 11) is 0. The second-order valence-electron chi connectivity index (χ2n) is 2.75. The van der Waals surface area contributed by atoms with Crippen molar-refractivity contribution in [3.05, 3.63) is 16.9 Å². The van der Waals surface area contributed by atoms with Gasteiger partial charge in [0.05, 0.1) is 5.39 Å². The van der Waals surface area contributed by atoms with E-state index >= 15 is 0 Å². The maximum atomic E-state index is 10.7. The van der Waals surface area contributed by atoms with E-state index in [2.05, 4.69) is 15.0 Å². The van der Waals surface area contributed by atoms with Crippen molar-refractivity contribution in [2.24, 2.45) is 0 Å². The number of carboxylic acid groups (broad SMARTS) is 1. The lowest BCUT2D eigenvalue weighted by molar-refractivity contribution is 0.0691. The summed E-state index contributed by atoms with van der Waals surface area (Å²) in [6.07, 6.45) is 1.82. The Morgan fingerprint density at radius 2 is 2.33 bits per heavy atom. The summed E-state index contributed by atoms with van der Waals surface area (Å²) in [4.78, 5) is 21.5. The molecule has 2 rings (SSSR count). The van der Waals surface area contributed by atoms with E-state index in [1.54, 1.807) is 0 Å². The predicted molar refractivity (Wildman–Crippen MR) is 57.6 cm³/mol. The third kappa shape index (κ3) is 1.78. The molecule has 0 saturated heterocycles. The molecule has 0 saturated carbocycles. The van der Waals surface area contributed by atoms with Gasteiger partial charge >= 0.3 is 5.97 Å². The number of halogens is 1. The summed E-state index contributed by atoms with van der Waals surface area (Å²) in [5, 5.41) is 10.1. The van der Waals surface area contributed by atoms with Crippen LogP contribution < -0.4 is 0 Å².